The number of para-hydroxylation sites is 1. The molecule has 2 aromatic carbocycles. The number of carbonyl (C=O) groups excluding carboxylic acids is 1. The van der Waals surface area contributed by atoms with E-state index in [2.05, 4.69) is 11.4 Å². The fraction of sp³-hybridized carbons (Fsp3) is 0.440. The van der Waals surface area contributed by atoms with Gasteiger partial charge >= 0.3 is 0 Å². The van der Waals surface area contributed by atoms with Gasteiger partial charge in [0.1, 0.15) is 17.3 Å². The Balaban J connectivity index is 1.69. The standard InChI is InChI=1S/C25H27FN2O3/c1-31-23-5-3-2-4-21(23)25(30)13-17(12-18-14-28-15-22(18)25)24(29)20(10-11-27)16-6-8-19(26)9-7-16/h2-9,17-18,20,22,28,30H,10,12-15H2,1H3/t17-,18-,20?,22+,25+/m0/s1. The van der Waals surface area contributed by atoms with Gasteiger partial charge in [-0.1, -0.05) is 30.3 Å². The quantitative estimate of drug-likeness (QED) is 0.744. The first kappa shape index (κ1) is 21.5. The Morgan fingerprint density at radius 2 is 2.03 bits per heavy atom. The summed E-state index contributed by atoms with van der Waals surface area (Å²) in [6.45, 7) is 1.42. The zero-order valence-corrected chi connectivity index (χ0v) is 17.6. The van der Waals surface area contributed by atoms with Crippen LogP contribution in [0.15, 0.2) is 48.5 Å². The van der Waals surface area contributed by atoms with Crippen molar-refractivity contribution < 1.29 is 19.0 Å². The second-order valence-electron chi connectivity index (χ2n) is 8.65. The number of nitrogens with one attached hydrogen (secondary N) is 1. The number of nitrogens with zero attached hydrogens (tertiary/aromatic N) is 1. The van der Waals surface area contributed by atoms with E-state index in [0.717, 1.165) is 6.54 Å². The topological polar surface area (TPSA) is 82.3 Å². The normalized spacial score (nSPS) is 28.4. The maximum atomic E-state index is 13.6. The molecule has 6 heteroatoms. The number of halogens is 1. The zero-order valence-electron chi connectivity index (χ0n) is 17.6. The molecule has 0 aromatic heterocycles. The van der Waals surface area contributed by atoms with Crippen LogP contribution >= 0.6 is 0 Å². The fourth-order valence-electron chi connectivity index (χ4n) is 5.50. The summed E-state index contributed by atoms with van der Waals surface area (Å²) in [5, 5.41) is 24.7. The largest absolute Gasteiger partial charge is 0.496 e. The van der Waals surface area contributed by atoms with Gasteiger partial charge in [-0.3, -0.25) is 4.79 Å². The van der Waals surface area contributed by atoms with Crippen LogP contribution in [-0.4, -0.2) is 31.1 Å². The Hall–Kier alpha value is -2.75. The van der Waals surface area contributed by atoms with Crippen molar-refractivity contribution >= 4 is 5.78 Å². The van der Waals surface area contributed by atoms with Crippen LogP contribution in [0.4, 0.5) is 4.39 Å². The van der Waals surface area contributed by atoms with Crippen LogP contribution in [0.1, 0.15) is 36.3 Å². The predicted molar refractivity (Wildman–Crippen MR) is 114 cm³/mol. The van der Waals surface area contributed by atoms with Crippen LogP contribution < -0.4 is 10.1 Å². The van der Waals surface area contributed by atoms with Gasteiger partial charge in [0.2, 0.25) is 0 Å². The van der Waals surface area contributed by atoms with Gasteiger partial charge in [-0.2, -0.15) is 5.26 Å². The van der Waals surface area contributed by atoms with Gasteiger partial charge in [0.15, 0.2) is 0 Å². The minimum Gasteiger partial charge on any atom is -0.496 e. The highest BCUT2D eigenvalue weighted by molar-refractivity contribution is 5.88. The van der Waals surface area contributed by atoms with Gasteiger partial charge in [0, 0.05) is 30.4 Å². The van der Waals surface area contributed by atoms with Crippen molar-refractivity contribution in [3.05, 3.63) is 65.5 Å². The van der Waals surface area contributed by atoms with E-state index in [4.69, 9.17) is 4.74 Å². The Bertz CT molecular complexity index is 987. The molecule has 0 spiro atoms. The minimum atomic E-state index is -1.21. The molecule has 2 aromatic rings. The van der Waals surface area contributed by atoms with Crippen LogP contribution in [0, 0.1) is 34.9 Å². The van der Waals surface area contributed by atoms with Gasteiger partial charge < -0.3 is 15.2 Å². The summed E-state index contributed by atoms with van der Waals surface area (Å²) < 4.78 is 18.9. The first-order valence-electron chi connectivity index (χ1n) is 10.7. The van der Waals surface area contributed by atoms with Crippen molar-refractivity contribution in [2.24, 2.45) is 17.8 Å². The lowest BCUT2D eigenvalue weighted by molar-refractivity contribution is -0.136. The van der Waals surface area contributed by atoms with Gasteiger partial charge in [-0.05, 0) is 49.1 Å². The number of fused-ring (bicyclic) bond motifs is 1. The molecule has 1 unspecified atom stereocenters. The molecule has 162 valence electrons. The van der Waals surface area contributed by atoms with Crippen LogP contribution in [0.3, 0.4) is 0 Å². The molecule has 1 saturated heterocycles. The molecular formula is C25H27FN2O3. The number of ketones is 1. The molecule has 31 heavy (non-hydrogen) atoms. The van der Waals surface area contributed by atoms with Gasteiger partial charge in [-0.15, -0.1) is 0 Å². The minimum absolute atomic E-state index is 0.0203. The van der Waals surface area contributed by atoms with Gasteiger partial charge in [-0.25, -0.2) is 4.39 Å². The lowest BCUT2D eigenvalue weighted by atomic mass is 9.61. The summed E-state index contributed by atoms with van der Waals surface area (Å²) in [6, 6.07) is 15.3. The summed E-state index contributed by atoms with van der Waals surface area (Å²) >= 11 is 0. The zero-order chi connectivity index (χ0) is 22.0. The monoisotopic (exact) mass is 422 g/mol. The summed E-state index contributed by atoms with van der Waals surface area (Å²) in [4.78, 5) is 13.6. The number of ether oxygens (including phenoxy) is 1. The highest BCUT2D eigenvalue weighted by atomic mass is 19.1. The average Bonchev–Trinajstić information content (AvgIpc) is 3.27. The molecule has 4 rings (SSSR count). The third-order valence-electron chi connectivity index (χ3n) is 6.99. The van der Waals surface area contributed by atoms with Gasteiger partial charge in [0.05, 0.1) is 24.7 Å². The molecular weight excluding hydrogens is 395 g/mol. The average molecular weight is 423 g/mol. The molecule has 1 aliphatic carbocycles. The molecule has 0 amide bonds. The SMILES string of the molecule is COc1ccccc1[C@]1(O)C[C@@H](C(=O)C(CC#N)c2ccc(F)cc2)C[C@H]2CNC[C@H]21. The second kappa shape index (κ2) is 8.78. The van der Waals surface area contributed by atoms with Crippen molar-refractivity contribution in [3.63, 3.8) is 0 Å². The van der Waals surface area contributed by atoms with E-state index in [9.17, 15) is 19.6 Å². The molecule has 5 nitrogen and oxygen atoms in total. The summed E-state index contributed by atoms with van der Waals surface area (Å²) in [7, 11) is 1.58. The number of rotatable bonds is 6. The lowest BCUT2D eigenvalue weighted by Gasteiger charge is -2.45. The van der Waals surface area contributed by atoms with Crippen molar-refractivity contribution in [1.29, 1.82) is 5.26 Å². The van der Waals surface area contributed by atoms with Crippen LogP contribution in [0.2, 0.25) is 0 Å². The Labute approximate surface area is 181 Å². The number of benzene rings is 2. The number of aliphatic hydroxyl groups is 1. The van der Waals surface area contributed by atoms with E-state index in [1.807, 2.05) is 24.3 Å². The van der Waals surface area contributed by atoms with E-state index in [-0.39, 0.29) is 36.3 Å². The number of nitriles is 1. The van der Waals surface area contributed by atoms with Crippen molar-refractivity contribution in [2.45, 2.75) is 30.8 Å². The number of methoxy groups -OCH3 is 1. The van der Waals surface area contributed by atoms with Crippen LogP contribution in [-0.2, 0) is 10.4 Å². The third-order valence-corrected chi connectivity index (χ3v) is 6.99. The second-order valence-corrected chi connectivity index (χ2v) is 8.65. The highest BCUT2D eigenvalue weighted by Crippen LogP contribution is 2.51. The lowest BCUT2D eigenvalue weighted by Crippen LogP contribution is -2.48. The first-order valence-corrected chi connectivity index (χ1v) is 10.7. The van der Waals surface area contributed by atoms with E-state index >= 15 is 0 Å². The molecule has 1 saturated carbocycles. The first-order chi connectivity index (χ1) is 15.0. The maximum Gasteiger partial charge on any atom is 0.144 e. The van der Waals surface area contributed by atoms with Crippen molar-refractivity contribution in [2.75, 3.05) is 20.2 Å². The molecule has 5 atom stereocenters. The fourth-order valence-corrected chi connectivity index (χ4v) is 5.50. The summed E-state index contributed by atoms with van der Waals surface area (Å²) in [6.07, 6.45) is 0.968. The summed E-state index contributed by atoms with van der Waals surface area (Å²) in [5.74, 6) is -0.748. The molecule has 1 heterocycles. The van der Waals surface area contributed by atoms with Gasteiger partial charge in [0.25, 0.3) is 0 Å². The van der Waals surface area contributed by atoms with Crippen LogP contribution in [0.5, 0.6) is 5.75 Å². The smallest absolute Gasteiger partial charge is 0.144 e. The molecule has 0 radical (unpaired) electrons. The summed E-state index contributed by atoms with van der Waals surface area (Å²) in [5.41, 5.74) is 0.132. The van der Waals surface area contributed by atoms with E-state index in [0.29, 0.717) is 29.8 Å². The van der Waals surface area contributed by atoms with Crippen molar-refractivity contribution in [3.8, 4) is 11.8 Å². The highest BCUT2D eigenvalue weighted by Gasteiger charge is 2.53. The van der Waals surface area contributed by atoms with E-state index in [1.165, 1.54) is 12.1 Å². The Morgan fingerprint density at radius 3 is 2.74 bits per heavy atom. The number of hydrogen-bond donors (Lipinski definition) is 2. The maximum absolute atomic E-state index is 13.6. The third kappa shape index (κ3) is 3.96. The molecule has 0 bridgehead atoms. The Morgan fingerprint density at radius 1 is 1.29 bits per heavy atom. The number of carbonyl (C=O) groups is 1. The Kier molecular flexibility index (Phi) is 6.08. The van der Waals surface area contributed by atoms with E-state index < -0.39 is 17.4 Å². The number of hydrogen-bond acceptors (Lipinski definition) is 5. The molecule has 2 N–H and O–H groups in total. The molecule has 1 aliphatic heterocycles. The number of Topliss-reactive ketones (excluding diaryl/α,β-unsaturated/α-hetero) is 1. The molecule has 2 aliphatic rings. The molecule has 2 fully saturated rings. The van der Waals surface area contributed by atoms with Crippen molar-refractivity contribution in [1.82, 2.24) is 5.32 Å². The van der Waals surface area contributed by atoms with Crippen LogP contribution in [0.25, 0.3) is 0 Å². The van der Waals surface area contributed by atoms with E-state index in [1.54, 1.807) is 19.2 Å². The predicted octanol–water partition coefficient (Wildman–Crippen LogP) is 3.53.